The normalized spacial score (nSPS) is 19.5. The molecule has 0 radical (unpaired) electrons. The van der Waals surface area contributed by atoms with Crippen molar-refractivity contribution in [3.8, 4) is 0 Å². The lowest BCUT2D eigenvalue weighted by molar-refractivity contribution is 0.143. The maximum absolute atomic E-state index is 5.79. The predicted octanol–water partition coefficient (Wildman–Crippen LogP) is 1.75. The van der Waals surface area contributed by atoms with Crippen molar-refractivity contribution in [2.75, 3.05) is 6.54 Å². The van der Waals surface area contributed by atoms with Gasteiger partial charge >= 0.3 is 0 Å². The summed E-state index contributed by atoms with van der Waals surface area (Å²) in [6, 6.07) is 6.10. The van der Waals surface area contributed by atoms with E-state index < -0.39 is 0 Å². The first kappa shape index (κ1) is 8.70. The van der Waals surface area contributed by atoms with Gasteiger partial charge in [-0.1, -0.05) is 12.5 Å². The van der Waals surface area contributed by atoms with Gasteiger partial charge in [0.25, 0.3) is 0 Å². The fourth-order valence-electron chi connectivity index (χ4n) is 2.02. The lowest BCUT2D eigenvalue weighted by Gasteiger charge is -2.40. The molecule has 13 heavy (non-hydrogen) atoms. The average molecular weight is 176 g/mol. The largest absolute Gasteiger partial charge is 0.330 e. The van der Waals surface area contributed by atoms with Crippen molar-refractivity contribution >= 4 is 0 Å². The number of hydrogen-bond donors (Lipinski definition) is 1. The Labute approximate surface area is 79.2 Å². The highest BCUT2D eigenvalue weighted by Crippen LogP contribution is 2.42. The minimum Gasteiger partial charge on any atom is -0.330 e. The van der Waals surface area contributed by atoms with Crippen LogP contribution in [0.25, 0.3) is 0 Å². The van der Waals surface area contributed by atoms with E-state index in [1.807, 2.05) is 18.3 Å². The second-order valence-corrected chi connectivity index (χ2v) is 4.06. The zero-order valence-electron chi connectivity index (χ0n) is 7.87. The average Bonchev–Trinajstić information content (AvgIpc) is 2.13. The van der Waals surface area contributed by atoms with Crippen molar-refractivity contribution in [1.82, 2.24) is 4.98 Å². The predicted molar refractivity (Wildman–Crippen MR) is 53.3 cm³/mol. The van der Waals surface area contributed by atoms with Crippen LogP contribution < -0.4 is 5.73 Å². The van der Waals surface area contributed by atoms with Crippen molar-refractivity contribution in [2.24, 2.45) is 11.1 Å². The molecular formula is C11H16N2. The summed E-state index contributed by atoms with van der Waals surface area (Å²) in [4.78, 5) is 4.34. The van der Waals surface area contributed by atoms with Gasteiger partial charge in [-0.05, 0) is 43.4 Å². The van der Waals surface area contributed by atoms with E-state index in [0.717, 1.165) is 13.0 Å². The van der Waals surface area contributed by atoms with Gasteiger partial charge in [-0.15, -0.1) is 0 Å². The third kappa shape index (κ3) is 1.73. The summed E-state index contributed by atoms with van der Waals surface area (Å²) in [5.74, 6) is 0. The quantitative estimate of drug-likeness (QED) is 0.762. The van der Waals surface area contributed by atoms with Crippen molar-refractivity contribution in [3.63, 3.8) is 0 Å². The third-order valence-electron chi connectivity index (χ3n) is 3.13. The van der Waals surface area contributed by atoms with E-state index in [0.29, 0.717) is 5.41 Å². The van der Waals surface area contributed by atoms with E-state index in [-0.39, 0.29) is 0 Å². The number of aromatic nitrogens is 1. The smallest absolute Gasteiger partial charge is 0.0409 e. The van der Waals surface area contributed by atoms with Crippen molar-refractivity contribution in [2.45, 2.75) is 25.7 Å². The Morgan fingerprint density at radius 2 is 2.23 bits per heavy atom. The van der Waals surface area contributed by atoms with E-state index in [1.54, 1.807) is 0 Å². The fraction of sp³-hybridized carbons (Fsp3) is 0.545. The summed E-state index contributed by atoms with van der Waals surface area (Å²) in [6.45, 7) is 0.809. The fourth-order valence-corrected chi connectivity index (χ4v) is 2.02. The summed E-state index contributed by atoms with van der Waals surface area (Å²) in [5, 5.41) is 0. The molecule has 0 bridgehead atoms. The lowest BCUT2D eigenvalue weighted by atomic mass is 9.66. The molecule has 0 aromatic carbocycles. The Morgan fingerprint density at radius 1 is 1.38 bits per heavy atom. The van der Waals surface area contributed by atoms with Crippen LogP contribution >= 0.6 is 0 Å². The van der Waals surface area contributed by atoms with Crippen molar-refractivity contribution in [1.29, 1.82) is 0 Å². The van der Waals surface area contributed by atoms with Crippen LogP contribution in [0.1, 0.15) is 25.0 Å². The minimum absolute atomic E-state index is 0.383. The molecule has 1 aliphatic rings. The zero-order chi connectivity index (χ0) is 9.15. The number of nitrogens with two attached hydrogens (primary N) is 1. The number of pyridine rings is 1. The second kappa shape index (κ2) is 3.46. The number of hydrogen-bond acceptors (Lipinski definition) is 2. The van der Waals surface area contributed by atoms with Crippen LogP contribution in [0.3, 0.4) is 0 Å². The van der Waals surface area contributed by atoms with Gasteiger partial charge in [0.2, 0.25) is 0 Å². The lowest BCUT2D eigenvalue weighted by Crippen LogP contribution is -2.39. The SMILES string of the molecule is NCC1(Cc2ccccn2)CCC1. The van der Waals surface area contributed by atoms with Gasteiger partial charge < -0.3 is 5.73 Å². The highest BCUT2D eigenvalue weighted by Gasteiger charge is 2.35. The summed E-state index contributed by atoms with van der Waals surface area (Å²) >= 11 is 0. The topological polar surface area (TPSA) is 38.9 Å². The van der Waals surface area contributed by atoms with E-state index in [2.05, 4.69) is 11.1 Å². The van der Waals surface area contributed by atoms with Crippen LogP contribution in [0.5, 0.6) is 0 Å². The molecule has 0 aliphatic heterocycles. The Hall–Kier alpha value is -0.890. The first-order valence-corrected chi connectivity index (χ1v) is 4.95. The molecule has 2 N–H and O–H groups in total. The third-order valence-corrected chi connectivity index (χ3v) is 3.13. The first-order chi connectivity index (χ1) is 6.35. The van der Waals surface area contributed by atoms with Gasteiger partial charge in [0.15, 0.2) is 0 Å². The van der Waals surface area contributed by atoms with Crippen LogP contribution in [0.15, 0.2) is 24.4 Å². The highest BCUT2D eigenvalue weighted by molar-refractivity contribution is 5.08. The van der Waals surface area contributed by atoms with E-state index >= 15 is 0 Å². The number of nitrogens with zero attached hydrogens (tertiary/aromatic N) is 1. The Balaban J connectivity index is 2.05. The van der Waals surface area contributed by atoms with Crippen LogP contribution in [-0.2, 0) is 6.42 Å². The van der Waals surface area contributed by atoms with Gasteiger partial charge in [-0.2, -0.15) is 0 Å². The maximum Gasteiger partial charge on any atom is 0.0409 e. The van der Waals surface area contributed by atoms with Gasteiger partial charge in [0, 0.05) is 11.9 Å². The van der Waals surface area contributed by atoms with E-state index in [1.165, 1.54) is 25.0 Å². The Kier molecular flexibility index (Phi) is 2.32. The molecule has 1 heterocycles. The van der Waals surface area contributed by atoms with Crippen molar-refractivity contribution < 1.29 is 0 Å². The minimum atomic E-state index is 0.383. The second-order valence-electron chi connectivity index (χ2n) is 4.06. The molecule has 1 aromatic heterocycles. The first-order valence-electron chi connectivity index (χ1n) is 4.95. The van der Waals surface area contributed by atoms with Crippen LogP contribution in [0, 0.1) is 5.41 Å². The molecule has 0 unspecified atom stereocenters. The van der Waals surface area contributed by atoms with Gasteiger partial charge in [-0.3, -0.25) is 4.98 Å². The highest BCUT2D eigenvalue weighted by atomic mass is 14.7. The molecule has 1 fully saturated rings. The molecule has 0 saturated heterocycles. The van der Waals surface area contributed by atoms with Crippen LogP contribution in [0.4, 0.5) is 0 Å². The molecule has 2 heteroatoms. The molecule has 0 atom stereocenters. The summed E-state index contributed by atoms with van der Waals surface area (Å²) in [6.07, 6.45) is 6.81. The molecular weight excluding hydrogens is 160 g/mol. The molecule has 0 spiro atoms. The Morgan fingerprint density at radius 3 is 2.69 bits per heavy atom. The van der Waals surface area contributed by atoms with Gasteiger partial charge in [0.05, 0.1) is 0 Å². The molecule has 1 aliphatic carbocycles. The molecule has 2 nitrogen and oxygen atoms in total. The van der Waals surface area contributed by atoms with Gasteiger partial charge in [-0.25, -0.2) is 0 Å². The molecule has 1 aromatic rings. The van der Waals surface area contributed by atoms with Crippen LogP contribution in [0.2, 0.25) is 0 Å². The molecule has 2 rings (SSSR count). The number of rotatable bonds is 3. The van der Waals surface area contributed by atoms with E-state index in [9.17, 15) is 0 Å². The summed E-state index contributed by atoms with van der Waals surface area (Å²) in [5.41, 5.74) is 7.36. The zero-order valence-corrected chi connectivity index (χ0v) is 7.87. The molecule has 0 amide bonds. The van der Waals surface area contributed by atoms with Gasteiger partial charge in [0.1, 0.15) is 0 Å². The standard InChI is InChI=1S/C11H16N2/c12-9-11(5-3-6-11)8-10-4-1-2-7-13-10/h1-2,4,7H,3,5-6,8-9,12H2. The summed E-state index contributed by atoms with van der Waals surface area (Å²) in [7, 11) is 0. The monoisotopic (exact) mass is 176 g/mol. The maximum atomic E-state index is 5.79. The van der Waals surface area contributed by atoms with E-state index in [4.69, 9.17) is 5.73 Å². The van der Waals surface area contributed by atoms with Crippen LogP contribution in [-0.4, -0.2) is 11.5 Å². The Bertz CT molecular complexity index is 259. The summed E-state index contributed by atoms with van der Waals surface area (Å²) < 4.78 is 0. The molecule has 70 valence electrons. The van der Waals surface area contributed by atoms with Crippen molar-refractivity contribution in [3.05, 3.63) is 30.1 Å². The molecule has 1 saturated carbocycles.